The first-order valence-electron chi connectivity index (χ1n) is 12.5. The molecule has 12 nitrogen and oxygen atoms in total. The van der Waals surface area contributed by atoms with Crippen molar-refractivity contribution in [2.24, 2.45) is 0 Å². The summed E-state index contributed by atoms with van der Waals surface area (Å²) in [6.45, 7) is 13.7. The number of hydrogen-bond donors (Lipinski definition) is 4. The first-order chi connectivity index (χ1) is 17.4. The fourth-order valence-corrected chi connectivity index (χ4v) is 4.97. The molecular weight excluding hydrogens is 523 g/mol. The van der Waals surface area contributed by atoms with Crippen molar-refractivity contribution in [1.29, 1.82) is 0 Å². The van der Waals surface area contributed by atoms with Gasteiger partial charge >= 0.3 is 35.7 Å². The zero-order valence-corrected chi connectivity index (χ0v) is 26.1. The molecule has 0 saturated carbocycles. The van der Waals surface area contributed by atoms with E-state index in [4.69, 9.17) is 28.5 Å². The van der Waals surface area contributed by atoms with Gasteiger partial charge < -0.3 is 39.8 Å². The minimum Gasteiger partial charge on any atom is -0.383 e. The Morgan fingerprint density at radius 3 is 1.59 bits per heavy atom. The second-order valence-electron chi connectivity index (χ2n) is 10.9. The van der Waals surface area contributed by atoms with Crippen molar-refractivity contribution >= 4 is 18.0 Å². The summed E-state index contributed by atoms with van der Waals surface area (Å²) in [5, 5.41) is 26.4. The van der Waals surface area contributed by atoms with Gasteiger partial charge in [-0.25, -0.2) is 0 Å². The van der Waals surface area contributed by atoms with Crippen LogP contribution in [0.15, 0.2) is 24.3 Å². The summed E-state index contributed by atoms with van der Waals surface area (Å²) in [7, 11) is 0. The second-order valence-corrected chi connectivity index (χ2v) is 10.9. The summed E-state index contributed by atoms with van der Waals surface area (Å²) in [6.07, 6.45) is 6.03. The molecule has 2 fully saturated rings. The Bertz CT molecular complexity index is 976. The number of nitrogens with one attached hydrogen (secondary N) is 2. The molecule has 0 aromatic carbocycles. The first-order valence-corrected chi connectivity index (χ1v) is 12.5. The molecule has 2 amide bonds. The molecular formula is C26H40N2NaO10+. The molecule has 2 saturated heterocycles. The Kier molecular flexibility index (Phi) is 12.3. The predicted octanol–water partition coefficient (Wildman–Crippen LogP) is -2.53. The summed E-state index contributed by atoms with van der Waals surface area (Å²) in [5.41, 5.74) is -2.11. The van der Waals surface area contributed by atoms with Crippen LogP contribution in [0.25, 0.3) is 0 Å². The quantitative estimate of drug-likeness (QED) is 0.212. The van der Waals surface area contributed by atoms with Crippen LogP contribution < -0.4 is 40.2 Å². The standard InChI is InChI=1S/C13H21NO4.C12H19NO4.CO2.Na/c1-5-13(16)7-6-9(14-8(2)15)10-11(13)18-12(3,4)17-10;1-7(14)13-8-5-6-12(4,15)10-9(8)16-11(2,3)17-10;2-1-3;/h6-7,9-11,16H,5H2,1-4H3,(H,14,15);5-6,8-10,15H,1-4H3,(H,13,14);;/q;;;+1/t9-,10+,11+,13+;8-,9+,10+,12+;;/m11../s1. The zero-order valence-electron chi connectivity index (χ0n) is 24.1. The molecule has 2 aliphatic heterocycles. The maximum Gasteiger partial charge on any atom is 1.00 e. The van der Waals surface area contributed by atoms with Gasteiger partial charge in [-0.1, -0.05) is 31.2 Å². The van der Waals surface area contributed by atoms with Crippen LogP contribution in [0.3, 0.4) is 0 Å². The van der Waals surface area contributed by atoms with Gasteiger partial charge in [-0.3, -0.25) is 9.59 Å². The summed E-state index contributed by atoms with van der Waals surface area (Å²) in [6, 6.07) is -0.527. The maximum atomic E-state index is 11.2. The van der Waals surface area contributed by atoms with Crippen LogP contribution in [0.2, 0.25) is 0 Å². The van der Waals surface area contributed by atoms with Crippen molar-refractivity contribution in [2.75, 3.05) is 0 Å². The zero-order chi connectivity index (χ0) is 29.1. The van der Waals surface area contributed by atoms with E-state index < -0.39 is 35.0 Å². The molecule has 0 aromatic heterocycles. The largest absolute Gasteiger partial charge is 1.00 e. The van der Waals surface area contributed by atoms with Crippen molar-refractivity contribution in [1.82, 2.24) is 10.6 Å². The molecule has 0 bridgehead atoms. The predicted molar refractivity (Wildman–Crippen MR) is 132 cm³/mol. The van der Waals surface area contributed by atoms with Gasteiger partial charge in [0.15, 0.2) is 11.6 Å². The van der Waals surface area contributed by atoms with E-state index in [0.29, 0.717) is 6.42 Å². The summed E-state index contributed by atoms with van der Waals surface area (Å²) in [4.78, 5) is 38.6. The van der Waals surface area contributed by atoms with E-state index in [-0.39, 0.29) is 71.8 Å². The summed E-state index contributed by atoms with van der Waals surface area (Å²) < 4.78 is 23.1. The van der Waals surface area contributed by atoms with Crippen molar-refractivity contribution in [3.8, 4) is 0 Å². The van der Waals surface area contributed by atoms with Gasteiger partial charge in [-0.2, -0.15) is 9.59 Å². The molecule has 214 valence electrons. The number of carbonyl (C=O) groups excluding carboxylic acids is 4. The Morgan fingerprint density at radius 1 is 0.795 bits per heavy atom. The Labute approximate surface area is 251 Å². The van der Waals surface area contributed by atoms with E-state index in [1.165, 1.54) is 13.8 Å². The molecule has 4 rings (SSSR count). The van der Waals surface area contributed by atoms with Crippen molar-refractivity contribution < 1.29 is 77.9 Å². The van der Waals surface area contributed by atoms with Gasteiger partial charge in [0.2, 0.25) is 11.8 Å². The molecule has 4 N–H and O–H groups in total. The van der Waals surface area contributed by atoms with Gasteiger partial charge in [-0.05, 0) is 41.0 Å². The van der Waals surface area contributed by atoms with Crippen LogP contribution in [0, 0.1) is 0 Å². The van der Waals surface area contributed by atoms with Gasteiger partial charge in [0.05, 0.1) is 12.1 Å². The maximum absolute atomic E-state index is 11.2. The van der Waals surface area contributed by atoms with Gasteiger partial charge in [-0.15, -0.1) is 0 Å². The number of carbonyl (C=O) groups is 2. The number of hydrogen-bond acceptors (Lipinski definition) is 10. The molecule has 0 spiro atoms. The van der Waals surface area contributed by atoms with Gasteiger partial charge in [0.1, 0.15) is 35.6 Å². The van der Waals surface area contributed by atoms with Crippen LogP contribution in [0.5, 0.6) is 0 Å². The van der Waals surface area contributed by atoms with E-state index in [0.717, 1.165) is 0 Å². The second kappa shape index (κ2) is 13.5. The number of aliphatic hydroxyl groups is 2. The Hall–Kier alpha value is -1.44. The monoisotopic (exact) mass is 563 g/mol. The summed E-state index contributed by atoms with van der Waals surface area (Å²) in [5.74, 6) is -1.75. The van der Waals surface area contributed by atoms with Crippen LogP contribution in [-0.2, 0) is 38.1 Å². The van der Waals surface area contributed by atoms with E-state index >= 15 is 0 Å². The molecule has 0 unspecified atom stereocenters. The van der Waals surface area contributed by atoms with Crippen LogP contribution >= 0.6 is 0 Å². The van der Waals surface area contributed by atoms with E-state index in [1.807, 2.05) is 20.8 Å². The molecule has 0 aromatic rings. The van der Waals surface area contributed by atoms with Crippen molar-refractivity contribution in [3.63, 3.8) is 0 Å². The number of ether oxygens (including phenoxy) is 4. The minimum atomic E-state index is -1.08. The fourth-order valence-electron chi connectivity index (χ4n) is 4.97. The van der Waals surface area contributed by atoms with Crippen LogP contribution in [-0.4, -0.2) is 87.5 Å². The van der Waals surface area contributed by atoms with E-state index in [1.54, 1.807) is 45.1 Å². The number of amides is 2. The normalized spacial score (nSPS) is 38.2. The van der Waals surface area contributed by atoms with Crippen molar-refractivity contribution in [2.45, 2.75) is 121 Å². The van der Waals surface area contributed by atoms with E-state index in [9.17, 15) is 19.8 Å². The van der Waals surface area contributed by atoms with Crippen LogP contribution in [0.4, 0.5) is 0 Å². The van der Waals surface area contributed by atoms with Gasteiger partial charge in [0, 0.05) is 13.8 Å². The third-order valence-corrected chi connectivity index (χ3v) is 6.57. The SMILES string of the molecule is CC(=O)N[C@@H]1C=C[C@](C)(O)[C@H]2OC(C)(C)O[C@@H]12.CC[C@]1(O)C=C[C@@H](NC(C)=O)[C@@H]2OC(C)(C)O[C@@H]21.O=C=O.[Na+]. The molecule has 39 heavy (non-hydrogen) atoms. The van der Waals surface area contributed by atoms with Crippen LogP contribution in [0.1, 0.15) is 61.8 Å². The van der Waals surface area contributed by atoms with Crippen molar-refractivity contribution in [3.05, 3.63) is 24.3 Å². The topological polar surface area (TPSA) is 170 Å². The number of fused-ring (bicyclic) bond motifs is 2. The smallest absolute Gasteiger partial charge is 0.383 e. The Morgan fingerprint density at radius 2 is 1.18 bits per heavy atom. The minimum absolute atomic E-state index is 0. The average molecular weight is 564 g/mol. The molecule has 2 heterocycles. The Balaban J connectivity index is 0.000000347. The molecule has 2 aliphatic carbocycles. The molecule has 4 aliphatic rings. The fraction of sp³-hybridized carbons (Fsp3) is 0.731. The molecule has 8 atom stereocenters. The van der Waals surface area contributed by atoms with E-state index in [2.05, 4.69) is 10.6 Å². The third-order valence-electron chi connectivity index (χ3n) is 6.57. The third kappa shape index (κ3) is 9.02. The summed E-state index contributed by atoms with van der Waals surface area (Å²) >= 11 is 0. The molecule has 0 radical (unpaired) electrons. The van der Waals surface area contributed by atoms with Gasteiger partial charge in [0.25, 0.3) is 0 Å². The first kappa shape index (κ1) is 35.6. The number of rotatable bonds is 3. The molecule has 13 heteroatoms. The average Bonchev–Trinajstić information content (AvgIpc) is 3.30.